The summed E-state index contributed by atoms with van der Waals surface area (Å²) in [4.78, 5) is 12.2. The Labute approximate surface area is 178 Å². The molecule has 5 nitrogen and oxygen atoms in total. The molecule has 0 saturated heterocycles. The van der Waals surface area contributed by atoms with Crippen molar-refractivity contribution in [3.63, 3.8) is 0 Å². The van der Waals surface area contributed by atoms with Crippen LogP contribution in [0.5, 0.6) is 11.5 Å². The lowest BCUT2D eigenvalue weighted by atomic mass is 10.1. The Hall–Kier alpha value is -3.47. The van der Waals surface area contributed by atoms with Crippen LogP contribution in [0.15, 0.2) is 66.7 Å². The number of nitrogens with one attached hydrogen (secondary N) is 2. The molecule has 30 heavy (non-hydrogen) atoms. The molecule has 0 fully saturated rings. The molecule has 0 spiro atoms. The standard InChI is InChI=1S/C25H28N2O3/c1-4-19-7-12-21(13-8-19)26-16-20-9-14-23(24(15-20)29-3)30-17-25(28)27-22-10-5-18(2)6-11-22/h5-15,26H,4,16-17H2,1-3H3,(H,27,28). The molecule has 1 amide bonds. The van der Waals surface area contributed by atoms with Crippen molar-refractivity contribution in [2.75, 3.05) is 24.4 Å². The fourth-order valence-electron chi connectivity index (χ4n) is 2.98. The third-order valence-corrected chi connectivity index (χ3v) is 4.78. The lowest BCUT2D eigenvalue weighted by molar-refractivity contribution is -0.118. The Morgan fingerprint density at radius 3 is 2.20 bits per heavy atom. The highest BCUT2D eigenvalue weighted by molar-refractivity contribution is 5.91. The zero-order valence-electron chi connectivity index (χ0n) is 17.7. The number of rotatable bonds is 9. The first-order valence-corrected chi connectivity index (χ1v) is 10.1. The van der Waals surface area contributed by atoms with Crippen molar-refractivity contribution in [2.24, 2.45) is 0 Å². The van der Waals surface area contributed by atoms with E-state index in [0.29, 0.717) is 18.0 Å². The van der Waals surface area contributed by atoms with Crippen LogP contribution in [0, 0.1) is 6.92 Å². The average Bonchev–Trinajstić information content (AvgIpc) is 2.78. The first-order chi connectivity index (χ1) is 14.6. The van der Waals surface area contributed by atoms with Gasteiger partial charge in [-0.15, -0.1) is 0 Å². The van der Waals surface area contributed by atoms with Crippen LogP contribution >= 0.6 is 0 Å². The van der Waals surface area contributed by atoms with Gasteiger partial charge in [0, 0.05) is 17.9 Å². The minimum Gasteiger partial charge on any atom is -0.493 e. The van der Waals surface area contributed by atoms with Crippen molar-refractivity contribution < 1.29 is 14.3 Å². The number of hydrogen-bond donors (Lipinski definition) is 2. The summed E-state index contributed by atoms with van der Waals surface area (Å²) >= 11 is 0. The molecule has 0 aliphatic carbocycles. The minimum atomic E-state index is -0.220. The van der Waals surface area contributed by atoms with E-state index in [1.165, 1.54) is 5.56 Å². The van der Waals surface area contributed by atoms with Gasteiger partial charge in [0.25, 0.3) is 5.91 Å². The number of carbonyl (C=O) groups is 1. The van der Waals surface area contributed by atoms with Gasteiger partial charge < -0.3 is 20.1 Å². The van der Waals surface area contributed by atoms with Gasteiger partial charge in [0.15, 0.2) is 18.1 Å². The molecule has 5 heteroatoms. The van der Waals surface area contributed by atoms with Gasteiger partial charge in [-0.2, -0.15) is 0 Å². The maximum Gasteiger partial charge on any atom is 0.262 e. The Bertz CT molecular complexity index is 967. The normalized spacial score (nSPS) is 10.4. The Morgan fingerprint density at radius 2 is 1.53 bits per heavy atom. The van der Waals surface area contributed by atoms with Gasteiger partial charge in [0.05, 0.1) is 7.11 Å². The van der Waals surface area contributed by atoms with Crippen LogP contribution in [-0.2, 0) is 17.8 Å². The summed E-state index contributed by atoms with van der Waals surface area (Å²) in [6.07, 6.45) is 1.03. The fourth-order valence-corrected chi connectivity index (χ4v) is 2.98. The average molecular weight is 405 g/mol. The van der Waals surface area contributed by atoms with Crippen LogP contribution < -0.4 is 20.1 Å². The number of ether oxygens (including phenoxy) is 2. The quantitative estimate of drug-likeness (QED) is 0.515. The van der Waals surface area contributed by atoms with E-state index in [-0.39, 0.29) is 12.5 Å². The molecule has 3 aromatic carbocycles. The first kappa shape index (κ1) is 21.2. The Morgan fingerprint density at radius 1 is 0.867 bits per heavy atom. The van der Waals surface area contributed by atoms with E-state index in [2.05, 4.69) is 41.8 Å². The highest BCUT2D eigenvalue weighted by atomic mass is 16.5. The maximum absolute atomic E-state index is 12.2. The maximum atomic E-state index is 12.2. The molecule has 0 radical (unpaired) electrons. The van der Waals surface area contributed by atoms with Gasteiger partial charge in [-0.05, 0) is 60.9 Å². The van der Waals surface area contributed by atoms with Gasteiger partial charge in [0.1, 0.15) is 0 Å². The second kappa shape index (κ2) is 10.3. The molecule has 0 saturated carbocycles. The molecule has 3 aromatic rings. The van der Waals surface area contributed by atoms with Crippen LogP contribution in [0.2, 0.25) is 0 Å². The molecular formula is C25H28N2O3. The topological polar surface area (TPSA) is 59.6 Å². The lowest BCUT2D eigenvalue weighted by Crippen LogP contribution is -2.20. The summed E-state index contributed by atoms with van der Waals surface area (Å²) in [6, 6.07) is 21.8. The SMILES string of the molecule is CCc1ccc(NCc2ccc(OCC(=O)Nc3ccc(C)cc3)c(OC)c2)cc1. The number of methoxy groups -OCH3 is 1. The van der Waals surface area contributed by atoms with Crippen LogP contribution in [0.25, 0.3) is 0 Å². The zero-order valence-corrected chi connectivity index (χ0v) is 17.7. The third-order valence-electron chi connectivity index (χ3n) is 4.78. The van der Waals surface area contributed by atoms with Crippen molar-refractivity contribution in [2.45, 2.75) is 26.8 Å². The van der Waals surface area contributed by atoms with Gasteiger partial charge in [-0.3, -0.25) is 4.79 Å². The van der Waals surface area contributed by atoms with Crippen LogP contribution in [-0.4, -0.2) is 19.6 Å². The van der Waals surface area contributed by atoms with Crippen LogP contribution in [0.3, 0.4) is 0 Å². The molecule has 3 rings (SSSR count). The summed E-state index contributed by atoms with van der Waals surface area (Å²) < 4.78 is 11.1. The fraction of sp³-hybridized carbons (Fsp3) is 0.240. The highest BCUT2D eigenvalue weighted by Gasteiger charge is 2.09. The second-order valence-electron chi connectivity index (χ2n) is 7.09. The molecule has 2 N–H and O–H groups in total. The van der Waals surface area contributed by atoms with Crippen molar-refractivity contribution in [3.8, 4) is 11.5 Å². The van der Waals surface area contributed by atoms with Crippen molar-refractivity contribution >= 4 is 17.3 Å². The molecule has 0 aliphatic heterocycles. The molecule has 0 heterocycles. The first-order valence-electron chi connectivity index (χ1n) is 10.1. The molecule has 156 valence electrons. The van der Waals surface area contributed by atoms with Gasteiger partial charge in [-0.1, -0.05) is 42.8 Å². The van der Waals surface area contributed by atoms with E-state index in [0.717, 1.165) is 28.9 Å². The molecule has 0 atom stereocenters. The molecule has 0 bridgehead atoms. The van der Waals surface area contributed by atoms with Crippen molar-refractivity contribution in [1.29, 1.82) is 0 Å². The number of aryl methyl sites for hydroxylation is 2. The summed E-state index contributed by atoms with van der Waals surface area (Å²) in [7, 11) is 1.59. The van der Waals surface area contributed by atoms with Crippen molar-refractivity contribution in [1.82, 2.24) is 0 Å². The summed E-state index contributed by atoms with van der Waals surface area (Å²) in [5, 5.41) is 6.22. The van der Waals surface area contributed by atoms with Crippen LogP contribution in [0.1, 0.15) is 23.6 Å². The predicted octanol–water partition coefficient (Wildman–Crippen LogP) is 5.20. The van der Waals surface area contributed by atoms with E-state index in [9.17, 15) is 4.79 Å². The third kappa shape index (κ3) is 6.01. The second-order valence-corrected chi connectivity index (χ2v) is 7.09. The number of hydrogen-bond acceptors (Lipinski definition) is 4. The number of benzene rings is 3. The molecule has 0 aliphatic rings. The zero-order chi connectivity index (χ0) is 21.3. The van der Waals surface area contributed by atoms with Crippen molar-refractivity contribution in [3.05, 3.63) is 83.4 Å². The minimum absolute atomic E-state index is 0.0917. The highest BCUT2D eigenvalue weighted by Crippen LogP contribution is 2.28. The van der Waals surface area contributed by atoms with Gasteiger partial charge in [-0.25, -0.2) is 0 Å². The van der Waals surface area contributed by atoms with E-state index in [1.807, 2.05) is 49.4 Å². The molecular weight excluding hydrogens is 376 g/mol. The van der Waals surface area contributed by atoms with E-state index in [4.69, 9.17) is 9.47 Å². The molecule has 0 unspecified atom stereocenters. The summed E-state index contributed by atoms with van der Waals surface area (Å²) in [6.45, 7) is 4.72. The number of carbonyl (C=O) groups excluding carboxylic acids is 1. The van der Waals surface area contributed by atoms with Crippen LogP contribution in [0.4, 0.5) is 11.4 Å². The monoisotopic (exact) mass is 404 g/mol. The van der Waals surface area contributed by atoms with E-state index >= 15 is 0 Å². The number of anilines is 2. The van der Waals surface area contributed by atoms with Gasteiger partial charge >= 0.3 is 0 Å². The smallest absolute Gasteiger partial charge is 0.262 e. The van der Waals surface area contributed by atoms with E-state index in [1.54, 1.807) is 7.11 Å². The summed E-state index contributed by atoms with van der Waals surface area (Å²) in [5.74, 6) is 0.911. The summed E-state index contributed by atoms with van der Waals surface area (Å²) in [5.41, 5.74) is 5.33. The molecule has 0 aromatic heterocycles. The van der Waals surface area contributed by atoms with E-state index < -0.39 is 0 Å². The Kier molecular flexibility index (Phi) is 7.33. The van der Waals surface area contributed by atoms with Gasteiger partial charge in [0.2, 0.25) is 0 Å². The lowest BCUT2D eigenvalue weighted by Gasteiger charge is -2.13. The number of amides is 1. The predicted molar refractivity (Wildman–Crippen MR) is 121 cm³/mol. The largest absolute Gasteiger partial charge is 0.493 e. The Balaban J connectivity index is 1.55.